The highest BCUT2D eigenvalue weighted by Gasteiger charge is 1.97. The molecule has 0 aromatic heterocycles. The maximum absolute atomic E-state index is 7.26. The summed E-state index contributed by atoms with van der Waals surface area (Å²) in [6.45, 7) is 5.21. The molecule has 0 aliphatic carbocycles. The first-order valence-corrected chi connectivity index (χ1v) is 4.52. The van der Waals surface area contributed by atoms with Gasteiger partial charge in [-0.25, -0.2) is 0 Å². The van der Waals surface area contributed by atoms with Crippen LogP contribution < -0.4 is 0 Å². The van der Waals surface area contributed by atoms with Crippen molar-refractivity contribution in [1.82, 2.24) is 0 Å². The topological polar surface area (TPSA) is 47.7 Å². The van der Waals surface area contributed by atoms with Crippen LogP contribution in [0.1, 0.15) is 6.92 Å². The molecule has 0 aliphatic rings. The fraction of sp³-hybridized carbons (Fsp3) is 0.333. The largest absolute Gasteiger partial charge is 0.298 e. The Morgan fingerprint density at radius 1 is 1.60 bits per heavy atom. The molecule has 0 unspecified atom stereocenters. The lowest BCUT2D eigenvalue weighted by Gasteiger charge is -1.96. The van der Waals surface area contributed by atoms with Crippen molar-refractivity contribution in [2.45, 2.75) is 6.92 Å². The molecule has 0 saturated carbocycles. The number of rotatable bonds is 2. The van der Waals surface area contributed by atoms with E-state index in [1.54, 1.807) is 13.0 Å². The smallest absolute Gasteiger partial charge is 0.128 e. The molecule has 0 saturated heterocycles. The van der Waals surface area contributed by atoms with Gasteiger partial charge >= 0.3 is 0 Å². The van der Waals surface area contributed by atoms with Crippen LogP contribution in [-0.2, 0) is 0 Å². The summed E-state index contributed by atoms with van der Waals surface area (Å²) in [6, 6.07) is 0. The van der Waals surface area contributed by atoms with Crippen LogP contribution in [0.2, 0.25) is 0 Å². The van der Waals surface area contributed by atoms with Gasteiger partial charge in [0.1, 0.15) is 4.38 Å². The van der Waals surface area contributed by atoms with Gasteiger partial charge in [-0.1, -0.05) is 17.8 Å². The van der Waals surface area contributed by atoms with Gasteiger partial charge in [0.15, 0.2) is 0 Å². The molecule has 0 atom stereocenters. The average Bonchev–Trinajstić information content (AvgIpc) is 1.82. The van der Waals surface area contributed by atoms with Crippen molar-refractivity contribution in [3.8, 4) is 0 Å². The Kier molecular flexibility index (Phi) is 5.43. The van der Waals surface area contributed by atoms with Gasteiger partial charge in [-0.05, 0) is 18.7 Å². The van der Waals surface area contributed by atoms with Crippen LogP contribution in [0.15, 0.2) is 12.7 Å². The van der Waals surface area contributed by atoms with Gasteiger partial charge in [0.2, 0.25) is 0 Å². The molecule has 0 radical (unpaired) electrons. The zero-order valence-electron chi connectivity index (χ0n) is 5.81. The Labute approximate surface area is 69.5 Å². The van der Waals surface area contributed by atoms with Gasteiger partial charge in [0, 0.05) is 5.75 Å². The lowest BCUT2D eigenvalue weighted by atomic mass is 10.8. The summed E-state index contributed by atoms with van der Waals surface area (Å²) in [7, 11) is 0. The van der Waals surface area contributed by atoms with Crippen molar-refractivity contribution in [3.63, 3.8) is 0 Å². The van der Waals surface area contributed by atoms with Crippen LogP contribution in [0, 0.1) is 10.8 Å². The molecule has 0 aliphatic heterocycles. The summed E-state index contributed by atoms with van der Waals surface area (Å²) in [6.07, 6.45) is 1.75. The molecule has 0 amide bonds. The Morgan fingerprint density at radius 2 is 2.20 bits per heavy atom. The zero-order chi connectivity index (χ0) is 7.98. The van der Waals surface area contributed by atoms with Gasteiger partial charge in [-0.3, -0.25) is 10.8 Å². The second kappa shape index (κ2) is 5.56. The summed E-state index contributed by atoms with van der Waals surface area (Å²) in [5.41, 5.74) is 0. The third-order valence-corrected chi connectivity index (χ3v) is 2.34. The highest BCUT2D eigenvalue weighted by atomic mass is 32.2. The van der Waals surface area contributed by atoms with Gasteiger partial charge in [0.05, 0.1) is 5.04 Å². The molecule has 0 aromatic carbocycles. The second-order valence-electron chi connectivity index (χ2n) is 1.55. The highest BCUT2D eigenvalue weighted by Crippen LogP contribution is 2.15. The van der Waals surface area contributed by atoms with Crippen molar-refractivity contribution in [2.24, 2.45) is 0 Å². The predicted molar refractivity (Wildman–Crippen MR) is 51.4 cm³/mol. The standard InChI is InChI=1S/C6H10N2S2/c1-3-4-9-6(8)10-5(2)7/h3,7-8H,1,4H2,2H3. The Morgan fingerprint density at radius 3 is 2.60 bits per heavy atom. The van der Waals surface area contributed by atoms with E-state index in [9.17, 15) is 0 Å². The SMILES string of the molecule is C=CCSC(=N)SC(C)=N. The molecule has 2 nitrogen and oxygen atoms in total. The number of hydrogen-bond acceptors (Lipinski definition) is 4. The third-order valence-electron chi connectivity index (χ3n) is 0.578. The van der Waals surface area contributed by atoms with Crippen molar-refractivity contribution in [1.29, 1.82) is 10.8 Å². The Balaban J connectivity index is 3.43. The van der Waals surface area contributed by atoms with E-state index in [2.05, 4.69) is 6.58 Å². The maximum atomic E-state index is 7.26. The van der Waals surface area contributed by atoms with E-state index in [4.69, 9.17) is 10.8 Å². The first-order valence-electron chi connectivity index (χ1n) is 2.72. The highest BCUT2D eigenvalue weighted by molar-refractivity contribution is 8.44. The third kappa shape index (κ3) is 5.91. The molecular weight excluding hydrogens is 164 g/mol. The van der Waals surface area contributed by atoms with E-state index in [0.717, 1.165) is 5.75 Å². The van der Waals surface area contributed by atoms with E-state index >= 15 is 0 Å². The Bertz CT molecular complexity index is 154. The molecule has 0 aromatic rings. The minimum absolute atomic E-state index is 0.460. The van der Waals surface area contributed by atoms with Gasteiger partial charge in [0.25, 0.3) is 0 Å². The van der Waals surface area contributed by atoms with Crippen LogP contribution in [0.5, 0.6) is 0 Å². The quantitative estimate of drug-likeness (QED) is 0.384. The minimum Gasteiger partial charge on any atom is -0.298 e. The molecular formula is C6H10N2S2. The number of hydrogen-bond donors (Lipinski definition) is 2. The van der Waals surface area contributed by atoms with Crippen LogP contribution >= 0.6 is 23.5 Å². The summed E-state index contributed by atoms with van der Waals surface area (Å²) in [5, 5.41) is 14.8. The van der Waals surface area contributed by atoms with Crippen LogP contribution in [0.4, 0.5) is 0 Å². The van der Waals surface area contributed by atoms with Crippen molar-refractivity contribution >= 4 is 32.9 Å². The molecule has 0 fully saturated rings. The van der Waals surface area contributed by atoms with Gasteiger partial charge < -0.3 is 0 Å². The van der Waals surface area contributed by atoms with E-state index in [1.807, 2.05) is 0 Å². The molecule has 0 bridgehead atoms. The van der Waals surface area contributed by atoms with E-state index in [1.165, 1.54) is 23.5 Å². The summed E-state index contributed by atoms with van der Waals surface area (Å²) >= 11 is 2.57. The molecule has 0 rings (SSSR count). The first-order chi connectivity index (χ1) is 4.66. The summed E-state index contributed by atoms with van der Waals surface area (Å²) < 4.78 is 0.465. The van der Waals surface area contributed by atoms with Gasteiger partial charge in [-0.2, -0.15) is 0 Å². The molecule has 2 N–H and O–H groups in total. The Hall–Kier alpha value is -0.220. The fourth-order valence-electron chi connectivity index (χ4n) is 0.303. The molecule has 56 valence electrons. The first kappa shape index (κ1) is 9.78. The average molecular weight is 174 g/mol. The molecule has 10 heavy (non-hydrogen) atoms. The fourth-order valence-corrected chi connectivity index (χ4v) is 1.67. The lowest BCUT2D eigenvalue weighted by Crippen LogP contribution is -1.88. The van der Waals surface area contributed by atoms with Crippen LogP contribution in [0.25, 0.3) is 0 Å². The normalized spacial score (nSPS) is 8.90. The van der Waals surface area contributed by atoms with Crippen molar-refractivity contribution in [2.75, 3.05) is 5.75 Å². The van der Waals surface area contributed by atoms with Gasteiger partial charge in [-0.15, -0.1) is 6.58 Å². The monoisotopic (exact) mass is 174 g/mol. The minimum atomic E-state index is 0.460. The summed E-state index contributed by atoms with van der Waals surface area (Å²) in [5.74, 6) is 0.749. The summed E-state index contributed by atoms with van der Waals surface area (Å²) in [4.78, 5) is 0. The molecule has 0 heterocycles. The maximum Gasteiger partial charge on any atom is 0.128 e. The van der Waals surface area contributed by atoms with Crippen molar-refractivity contribution < 1.29 is 0 Å². The van der Waals surface area contributed by atoms with E-state index in [-0.39, 0.29) is 0 Å². The number of thioether (sulfide) groups is 2. The predicted octanol–water partition coefficient (Wildman–Crippen LogP) is 2.57. The van der Waals surface area contributed by atoms with Crippen molar-refractivity contribution in [3.05, 3.63) is 12.7 Å². The molecule has 4 heteroatoms. The lowest BCUT2D eigenvalue weighted by molar-refractivity contribution is 1.53. The van der Waals surface area contributed by atoms with E-state index < -0.39 is 0 Å². The molecule has 0 spiro atoms. The van der Waals surface area contributed by atoms with E-state index in [0.29, 0.717) is 9.42 Å². The number of nitrogens with one attached hydrogen (secondary N) is 2. The van der Waals surface area contributed by atoms with Crippen LogP contribution in [0.3, 0.4) is 0 Å². The van der Waals surface area contributed by atoms with Crippen LogP contribution in [-0.4, -0.2) is 15.2 Å². The zero-order valence-corrected chi connectivity index (χ0v) is 7.44. The second-order valence-corrected chi connectivity index (χ2v) is 4.06.